The second kappa shape index (κ2) is 14.8. The summed E-state index contributed by atoms with van der Waals surface area (Å²) in [5, 5.41) is 25.8. The Morgan fingerprint density at radius 1 is 0.841 bits per heavy atom. The largest absolute Gasteiger partial charge is 0.508 e. The van der Waals surface area contributed by atoms with Gasteiger partial charge >= 0.3 is 0 Å². The number of allylic oxidation sites excluding steroid dienone is 2. The highest BCUT2D eigenvalue weighted by atomic mass is 35.5. The number of nitrogens with zero attached hydrogens (tertiary/aromatic N) is 7. The number of phenols is 1. The summed E-state index contributed by atoms with van der Waals surface area (Å²) in [7, 11) is 5.67. The number of carbonyl (C=O) groups excluding carboxylic acids is 4. The molecule has 2 saturated heterocycles. The summed E-state index contributed by atoms with van der Waals surface area (Å²) in [4.78, 5) is 64.7. The van der Waals surface area contributed by atoms with Crippen LogP contribution in [-0.2, 0) is 26.2 Å². The van der Waals surface area contributed by atoms with Gasteiger partial charge in [0, 0.05) is 48.5 Å². The highest BCUT2D eigenvalue weighted by molar-refractivity contribution is 7.22. The Balaban J connectivity index is 0.989. The van der Waals surface area contributed by atoms with Crippen LogP contribution in [0.2, 0.25) is 5.02 Å². The lowest BCUT2D eigenvalue weighted by Gasteiger charge is -2.49. The number of halogens is 1. The van der Waals surface area contributed by atoms with Gasteiger partial charge in [-0.25, -0.2) is 4.90 Å². The first-order valence-electron chi connectivity index (χ1n) is 20.9. The first-order chi connectivity index (χ1) is 30.1. The number of hydrogen-bond donors (Lipinski definition) is 1. The second-order valence-corrected chi connectivity index (χ2v) is 19.0. The maximum absolute atomic E-state index is 15.2. The summed E-state index contributed by atoms with van der Waals surface area (Å²) in [5.41, 5.74) is 5.36. The number of rotatable bonds is 7. The van der Waals surface area contributed by atoms with Crippen LogP contribution in [0.1, 0.15) is 42.4 Å². The van der Waals surface area contributed by atoms with E-state index >= 15 is 9.59 Å². The van der Waals surface area contributed by atoms with Gasteiger partial charge in [-0.3, -0.25) is 28.8 Å². The van der Waals surface area contributed by atoms with Crippen molar-refractivity contribution in [1.29, 1.82) is 0 Å². The van der Waals surface area contributed by atoms with Crippen molar-refractivity contribution >= 4 is 85.2 Å². The van der Waals surface area contributed by atoms with Gasteiger partial charge in [-0.1, -0.05) is 35.4 Å². The number of azo groups is 1. The number of phenolic OH excluding ortho intramolecular Hbond substituents is 1. The highest BCUT2D eigenvalue weighted by Crippen LogP contribution is 2.64. The Bertz CT molecular complexity index is 2990. The number of benzene rings is 4. The van der Waals surface area contributed by atoms with Gasteiger partial charge in [-0.15, -0.1) is 11.3 Å². The fourth-order valence-corrected chi connectivity index (χ4v) is 11.9. The molecule has 6 atom stereocenters. The van der Waals surface area contributed by atoms with Crippen molar-refractivity contribution in [3.05, 3.63) is 124 Å². The van der Waals surface area contributed by atoms with Gasteiger partial charge < -0.3 is 10.0 Å². The van der Waals surface area contributed by atoms with Crippen LogP contribution in [0.5, 0.6) is 5.75 Å². The average molecular weight is 878 g/mol. The molecule has 318 valence electrons. The zero-order valence-electron chi connectivity index (χ0n) is 35.5. The molecule has 0 unspecified atom stereocenters. The summed E-state index contributed by atoms with van der Waals surface area (Å²) < 4.78 is 2.63. The van der Waals surface area contributed by atoms with Crippen molar-refractivity contribution in [2.24, 2.45) is 46.4 Å². The van der Waals surface area contributed by atoms with Gasteiger partial charge in [0.05, 0.1) is 45.1 Å². The predicted molar refractivity (Wildman–Crippen MR) is 245 cm³/mol. The number of aromatic hydroxyl groups is 1. The summed E-state index contributed by atoms with van der Waals surface area (Å²) in [5.74, 6) is -4.20. The van der Waals surface area contributed by atoms with Crippen LogP contribution >= 0.6 is 22.9 Å². The Morgan fingerprint density at radius 2 is 1.54 bits per heavy atom. The number of thiophene rings is 1. The van der Waals surface area contributed by atoms with Gasteiger partial charge in [0.2, 0.25) is 23.6 Å². The summed E-state index contributed by atoms with van der Waals surface area (Å²) >= 11 is 7.92. The third-order valence-corrected chi connectivity index (χ3v) is 15.3. The van der Waals surface area contributed by atoms with E-state index in [0.29, 0.717) is 45.6 Å². The number of amides is 4. The molecule has 1 saturated carbocycles. The van der Waals surface area contributed by atoms with E-state index < -0.39 is 35.0 Å². The van der Waals surface area contributed by atoms with Gasteiger partial charge in [0.25, 0.3) is 0 Å². The van der Waals surface area contributed by atoms with Crippen LogP contribution in [0.25, 0.3) is 20.7 Å². The average Bonchev–Trinajstić information content (AvgIpc) is 3.94. The van der Waals surface area contributed by atoms with E-state index in [2.05, 4.69) is 10.2 Å². The first kappa shape index (κ1) is 40.6. The minimum absolute atomic E-state index is 0.112. The molecule has 10 rings (SSSR count). The molecule has 2 aliphatic heterocycles. The van der Waals surface area contributed by atoms with Gasteiger partial charge in [0.15, 0.2) is 0 Å². The van der Waals surface area contributed by atoms with E-state index in [9.17, 15) is 14.7 Å². The number of carbonyl (C=O) groups is 4. The molecule has 0 bridgehead atoms. The standard InChI is InChI=1S/C49H44ClN7O5S/c1-25-21-27(7-19-39(25)58)43-33-17-18-34-42(47(61)56(45(34)59)32-15-11-30(12-16-32)52-51-29-9-13-31(14-10-29)54(4)5)36(33)23-37-46(60)57(48(62)49(37,43)3)41-24-38(53-55(41)6)44-26(2)35-22-28(50)8-20-40(35)63-44/h7-17,19-22,24,34,36-37,42-43,58H,18,23H2,1-6H3/t34-,36+,37-,42-,43-,49+/m0/s1. The van der Waals surface area contributed by atoms with E-state index in [1.807, 2.05) is 87.4 Å². The van der Waals surface area contributed by atoms with Crippen LogP contribution in [0.4, 0.5) is 28.6 Å². The summed E-state index contributed by atoms with van der Waals surface area (Å²) in [6.07, 6.45) is 2.55. The smallest absolute Gasteiger partial charge is 0.242 e. The molecule has 2 aromatic heterocycles. The maximum Gasteiger partial charge on any atom is 0.242 e. The topological polar surface area (TPSA) is 141 Å². The molecular weight excluding hydrogens is 834 g/mol. The predicted octanol–water partition coefficient (Wildman–Crippen LogP) is 10.2. The molecule has 4 aromatic carbocycles. The minimum atomic E-state index is -1.26. The Kier molecular flexibility index (Phi) is 9.57. The fraction of sp³-hybridized carbons (Fsp3) is 0.286. The van der Waals surface area contributed by atoms with Crippen molar-refractivity contribution in [2.45, 2.75) is 39.5 Å². The van der Waals surface area contributed by atoms with Crippen molar-refractivity contribution in [3.8, 4) is 16.3 Å². The number of fused-ring (bicyclic) bond motifs is 5. The number of imide groups is 2. The Morgan fingerprint density at radius 3 is 2.22 bits per heavy atom. The molecule has 4 aliphatic rings. The third kappa shape index (κ3) is 6.26. The molecule has 0 spiro atoms. The Hall–Kier alpha value is -6.44. The number of aromatic nitrogens is 2. The van der Waals surface area contributed by atoms with Gasteiger partial charge in [0.1, 0.15) is 17.3 Å². The Labute approximate surface area is 373 Å². The first-order valence-corrected chi connectivity index (χ1v) is 22.1. The van der Waals surface area contributed by atoms with Crippen molar-refractivity contribution in [1.82, 2.24) is 9.78 Å². The van der Waals surface area contributed by atoms with Crippen LogP contribution in [0.15, 0.2) is 113 Å². The van der Waals surface area contributed by atoms with E-state index in [0.717, 1.165) is 37.4 Å². The molecule has 6 aromatic rings. The molecule has 4 amide bonds. The SMILES string of the molecule is Cc1cc([C@H]2C3=CC[C@@H]4C(=O)N(c5ccc(N=Nc6ccc(N(C)C)cc6)cc5)C(=O)[C@@H]4[C@@H]3C[C@H]3C(=O)N(c4cc(-c5sc6ccc(Cl)cc6c5C)nn4C)C(=O)[C@@]23C)ccc1O. The van der Waals surface area contributed by atoms with Crippen LogP contribution in [-0.4, -0.2) is 52.6 Å². The minimum Gasteiger partial charge on any atom is -0.508 e. The van der Waals surface area contributed by atoms with Crippen LogP contribution in [0.3, 0.4) is 0 Å². The number of hydrogen-bond acceptors (Lipinski definition) is 10. The van der Waals surface area contributed by atoms with Gasteiger partial charge in [-0.05, 0) is 134 Å². The van der Waals surface area contributed by atoms with Crippen molar-refractivity contribution in [2.75, 3.05) is 28.8 Å². The lowest BCUT2D eigenvalue weighted by molar-refractivity contribution is -0.131. The normalized spacial score (nSPS) is 24.4. The number of aryl methyl sites for hydroxylation is 3. The summed E-state index contributed by atoms with van der Waals surface area (Å²) in [6, 6.07) is 27.4. The van der Waals surface area contributed by atoms with E-state index in [4.69, 9.17) is 16.7 Å². The molecular formula is C49H44ClN7O5S. The van der Waals surface area contributed by atoms with E-state index in [-0.39, 0.29) is 35.8 Å². The molecule has 1 N–H and O–H groups in total. The molecule has 12 nitrogen and oxygen atoms in total. The fourth-order valence-electron chi connectivity index (χ4n) is 10.5. The second-order valence-electron chi connectivity index (χ2n) is 17.6. The van der Waals surface area contributed by atoms with Crippen LogP contribution in [0, 0.1) is 42.9 Å². The molecule has 63 heavy (non-hydrogen) atoms. The lowest BCUT2D eigenvalue weighted by atomic mass is 9.51. The van der Waals surface area contributed by atoms with Crippen molar-refractivity contribution < 1.29 is 24.3 Å². The molecule has 3 fully saturated rings. The van der Waals surface area contributed by atoms with Crippen LogP contribution < -0.4 is 14.7 Å². The molecule has 2 aliphatic carbocycles. The maximum atomic E-state index is 15.2. The monoisotopic (exact) mass is 877 g/mol. The molecule has 4 heterocycles. The summed E-state index contributed by atoms with van der Waals surface area (Å²) in [6.45, 7) is 5.67. The third-order valence-electron chi connectivity index (χ3n) is 13.8. The van der Waals surface area contributed by atoms with Gasteiger partial charge in [-0.2, -0.15) is 15.3 Å². The zero-order valence-corrected chi connectivity index (χ0v) is 37.1. The lowest BCUT2D eigenvalue weighted by Crippen LogP contribution is -2.49. The highest BCUT2D eigenvalue weighted by Gasteiger charge is 2.68. The van der Waals surface area contributed by atoms with Crippen molar-refractivity contribution in [3.63, 3.8) is 0 Å². The molecule has 0 radical (unpaired) electrons. The molecule has 14 heteroatoms. The zero-order chi connectivity index (χ0) is 44.2. The quantitative estimate of drug-likeness (QED) is 0.0956. The van der Waals surface area contributed by atoms with E-state index in [1.54, 1.807) is 72.5 Å². The van der Waals surface area contributed by atoms with E-state index in [1.165, 1.54) is 9.80 Å². The number of anilines is 3.